The zero-order valence-corrected chi connectivity index (χ0v) is 12.3. The molecule has 1 nitrogen and oxygen atoms in total. The number of hydrogen-bond donors (Lipinski definition) is 0. The van der Waals surface area contributed by atoms with Gasteiger partial charge in [-0.1, -0.05) is 22.0 Å². The van der Waals surface area contributed by atoms with Crippen molar-refractivity contribution >= 4 is 31.9 Å². The monoisotopic (exact) mass is 376 g/mol. The van der Waals surface area contributed by atoms with E-state index >= 15 is 0 Å². The summed E-state index contributed by atoms with van der Waals surface area (Å²) in [5, 5.41) is 0. The molecule has 0 amide bonds. The van der Waals surface area contributed by atoms with Crippen LogP contribution in [0.4, 0.5) is 8.78 Å². The summed E-state index contributed by atoms with van der Waals surface area (Å²) in [6.07, 6.45) is 0. The highest BCUT2D eigenvalue weighted by Crippen LogP contribution is 2.27. The highest BCUT2D eigenvalue weighted by molar-refractivity contribution is 9.10. The van der Waals surface area contributed by atoms with E-state index in [2.05, 4.69) is 31.9 Å². The van der Waals surface area contributed by atoms with Gasteiger partial charge in [0.15, 0.2) is 0 Å². The van der Waals surface area contributed by atoms with Crippen LogP contribution in [0.2, 0.25) is 0 Å². The Morgan fingerprint density at radius 3 is 2.11 bits per heavy atom. The molecule has 0 aliphatic carbocycles. The van der Waals surface area contributed by atoms with Crippen LogP contribution in [-0.4, -0.2) is 0 Å². The fraction of sp³-hybridized carbons (Fsp3) is 0.0769. The van der Waals surface area contributed by atoms with Crippen molar-refractivity contribution in [2.24, 2.45) is 0 Å². The molecule has 0 saturated heterocycles. The van der Waals surface area contributed by atoms with Crippen molar-refractivity contribution in [3.05, 3.63) is 62.5 Å². The van der Waals surface area contributed by atoms with Gasteiger partial charge in [0.1, 0.15) is 24.0 Å². The quantitative estimate of drug-likeness (QED) is 0.725. The first-order valence-corrected chi connectivity index (χ1v) is 6.66. The van der Waals surface area contributed by atoms with Crippen molar-refractivity contribution in [2.45, 2.75) is 6.61 Å². The zero-order valence-electron chi connectivity index (χ0n) is 9.09. The maximum atomic E-state index is 12.9. The normalized spacial score (nSPS) is 10.4. The van der Waals surface area contributed by atoms with Crippen molar-refractivity contribution in [3.63, 3.8) is 0 Å². The standard InChI is InChI=1S/C13H8Br2F2O/c14-11-5-9(16)2-1-8(11)7-18-13-4-3-10(17)6-12(13)15/h1-6H,7H2. The van der Waals surface area contributed by atoms with Crippen LogP contribution in [0.3, 0.4) is 0 Å². The first kappa shape index (κ1) is 13.5. The fourth-order valence-corrected chi connectivity index (χ4v) is 2.32. The first-order valence-electron chi connectivity index (χ1n) is 5.08. The molecule has 5 heteroatoms. The molecule has 0 bridgehead atoms. The predicted octanol–water partition coefficient (Wildman–Crippen LogP) is 5.07. The highest BCUT2D eigenvalue weighted by atomic mass is 79.9. The lowest BCUT2D eigenvalue weighted by atomic mass is 10.2. The molecule has 2 aromatic carbocycles. The molecular weight excluding hydrogens is 370 g/mol. The molecule has 0 saturated carbocycles. The average molecular weight is 378 g/mol. The Hall–Kier alpha value is -0.940. The van der Waals surface area contributed by atoms with Gasteiger partial charge in [0, 0.05) is 10.0 Å². The van der Waals surface area contributed by atoms with Gasteiger partial charge in [0.05, 0.1) is 4.47 Å². The van der Waals surface area contributed by atoms with Gasteiger partial charge in [0.2, 0.25) is 0 Å². The van der Waals surface area contributed by atoms with Gasteiger partial charge in [-0.3, -0.25) is 0 Å². The van der Waals surface area contributed by atoms with E-state index in [1.54, 1.807) is 6.07 Å². The summed E-state index contributed by atoms with van der Waals surface area (Å²) in [5.41, 5.74) is 0.813. The summed E-state index contributed by atoms with van der Waals surface area (Å²) < 4.78 is 32.5. The molecule has 94 valence electrons. The number of halogens is 4. The summed E-state index contributed by atoms with van der Waals surface area (Å²) in [6, 6.07) is 8.56. The fourth-order valence-electron chi connectivity index (χ4n) is 1.39. The van der Waals surface area contributed by atoms with Gasteiger partial charge in [-0.25, -0.2) is 8.78 Å². The van der Waals surface area contributed by atoms with Crippen LogP contribution >= 0.6 is 31.9 Å². The van der Waals surface area contributed by atoms with E-state index in [-0.39, 0.29) is 18.2 Å². The highest BCUT2D eigenvalue weighted by Gasteiger charge is 2.06. The number of hydrogen-bond acceptors (Lipinski definition) is 1. The summed E-state index contributed by atoms with van der Waals surface area (Å²) in [6.45, 7) is 0.269. The van der Waals surface area contributed by atoms with Gasteiger partial charge in [0.25, 0.3) is 0 Å². The molecule has 0 aliphatic rings. The lowest BCUT2D eigenvalue weighted by Crippen LogP contribution is -1.97. The third kappa shape index (κ3) is 3.29. The van der Waals surface area contributed by atoms with E-state index in [4.69, 9.17) is 4.74 Å². The van der Waals surface area contributed by atoms with Gasteiger partial charge >= 0.3 is 0 Å². The second-order valence-electron chi connectivity index (χ2n) is 3.60. The molecule has 0 N–H and O–H groups in total. The van der Waals surface area contributed by atoms with Gasteiger partial charge < -0.3 is 4.74 Å². The van der Waals surface area contributed by atoms with Crippen molar-refractivity contribution in [2.75, 3.05) is 0 Å². The van der Waals surface area contributed by atoms with Crippen molar-refractivity contribution in [3.8, 4) is 5.75 Å². The SMILES string of the molecule is Fc1ccc(COc2ccc(F)cc2Br)c(Br)c1. The van der Waals surface area contributed by atoms with E-state index < -0.39 is 0 Å². The molecule has 0 spiro atoms. The van der Waals surface area contributed by atoms with Crippen molar-refractivity contribution < 1.29 is 13.5 Å². The molecule has 0 heterocycles. The van der Waals surface area contributed by atoms with Crippen LogP contribution in [0.15, 0.2) is 45.3 Å². The molecule has 0 fully saturated rings. The molecule has 0 aliphatic heterocycles. The minimum atomic E-state index is -0.336. The lowest BCUT2D eigenvalue weighted by molar-refractivity contribution is 0.303. The zero-order chi connectivity index (χ0) is 13.1. The third-order valence-corrected chi connectivity index (χ3v) is 3.65. The van der Waals surface area contributed by atoms with Crippen LogP contribution in [-0.2, 0) is 6.61 Å². The molecule has 2 rings (SSSR count). The Labute approximate surface area is 120 Å². The van der Waals surface area contributed by atoms with Gasteiger partial charge in [-0.05, 0) is 46.3 Å². The predicted molar refractivity (Wildman–Crippen MR) is 72.5 cm³/mol. The summed E-state index contributed by atoms with van der Waals surface area (Å²) in [7, 11) is 0. The molecule has 18 heavy (non-hydrogen) atoms. The first-order chi connectivity index (χ1) is 8.56. The summed E-state index contributed by atoms with van der Waals surface area (Å²) >= 11 is 6.47. The Kier molecular flexibility index (Phi) is 4.35. The van der Waals surface area contributed by atoms with E-state index in [1.807, 2.05) is 0 Å². The minimum Gasteiger partial charge on any atom is -0.488 e. The largest absolute Gasteiger partial charge is 0.488 e. The smallest absolute Gasteiger partial charge is 0.134 e. The Balaban J connectivity index is 2.11. The number of ether oxygens (including phenoxy) is 1. The molecule has 0 radical (unpaired) electrons. The molecule has 2 aromatic rings. The topological polar surface area (TPSA) is 9.23 Å². The molecule has 0 unspecified atom stereocenters. The van der Waals surface area contributed by atoms with Gasteiger partial charge in [-0.2, -0.15) is 0 Å². The Bertz CT molecular complexity index is 521. The van der Waals surface area contributed by atoms with E-state index in [0.717, 1.165) is 5.56 Å². The number of benzene rings is 2. The van der Waals surface area contributed by atoms with Crippen LogP contribution in [0.25, 0.3) is 0 Å². The molecule has 0 aromatic heterocycles. The third-order valence-electron chi connectivity index (χ3n) is 2.29. The van der Waals surface area contributed by atoms with Gasteiger partial charge in [-0.15, -0.1) is 0 Å². The minimum absolute atomic E-state index is 0.269. The second kappa shape index (κ2) is 5.80. The van der Waals surface area contributed by atoms with E-state index in [9.17, 15) is 8.78 Å². The lowest BCUT2D eigenvalue weighted by Gasteiger charge is -2.09. The van der Waals surface area contributed by atoms with Crippen molar-refractivity contribution in [1.82, 2.24) is 0 Å². The van der Waals surface area contributed by atoms with Crippen molar-refractivity contribution in [1.29, 1.82) is 0 Å². The average Bonchev–Trinajstić information content (AvgIpc) is 2.30. The summed E-state index contributed by atoms with van der Waals surface area (Å²) in [5.74, 6) is -0.113. The Morgan fingerprint density at radius 1 is 0.889 bits per heavy atom. The van der Waals surface area contributed by atoms with Crippen LogP contribution in [0, 0.1) is 11.6 Å². The Morgan fingerprint density at radius 2 is 1.50 bits per heavy atom. The van der Waals surface area contributed by atoms with E-state index in [0.29, 0.717) is 14.7 Å². The van der Waals surface area contributed by atoms with Crippen LogP contribution in [0.1, 0.15) is 5.56 Å². The maximum Gasteiger partial charge on any atom is 0.134 e. The molecular formula is C13H8Br2F2O. The molecule has 0 atom stereocenters. The van der Waals surface area contributed by atoms with Crippen LogP contribution in [0.5, 0.6) is 5.75 Å². The summed E-state index contributed by atoms with van der Waals surface area (Å²) in [4.78, 5) is 0. The maximum absolute atomic E-state index is 12.9. The van der Waals surface area contributed by atoms with Crippen LogP contribution < -0.4 is 4.74 Å². The second-order valence-corrected chi connectivity index (χ2v) is 5.31. The number of rotatable bonds is 3. The van der Waals surface area contributed by atoms with E-state index in [1.165, 1.54) is 30.3 Å².